The Balaban J connectivity index is 2.71. The summed E-state index contributed by atoms with van der Waals surface area (Å²) < 4.78 is 39.5. The van der Waals surface area contributed by atoms with Crippen LogP contribution in [0.3, 0.4) is 0 Å². The first-order valence-electron chi connectivity index (χ1n) is 4.98. The van der Waals surface area contributed by atoms with Gasteiger partial charge in [0.1, 0.15) is 0 Å². The first-order valence-corrected chi connectivity index (χ1v) is 6.15. The molecule has 2 rings (SSSR count). The molecule has 0 N–H and O–H groups in total. The number of rotatable bonds is 2. The predicted octanol–water partition coefficient (Wildman–Crippen LogP) is 4.22. The number of benzene rings is 1. The summed E-state index contributed by atoms with van der Waals surface area (Å²) in [5.74, 6) is 0. The number of halogens is 5. The fraction of sp³-hybridized carbons (Fsp3) is 0.100. The summed E-state index contributed by atoms with van der Waals surface area (Å²) in [6.45, 7) is 0. The zero-order valence-electron chi connectivity index (χ0n) is 9.36. The van der Waals surface area contributed by atoms with Gasteiger partial charge in [-0.05, 0) is 18.2 Å². The molecule has 0 radical (unpaired) electrons. The molecule has 0 bridgehead atoms. The average molecular weight is 371 g/mol. The van der Waals surface area contributed by atoms with E-state index in [-0.39, 0.29) is 5.69 Å². The highest BCUT2D eigenvalue weighted by Crippen LogP contribution is 2.40. The fourth-order valence-electron chi connectivity index (χ4n) is 1.52. The smallest absolute Gasteiger partial charge is 0.258 e. The van der Waals surface area contributed by atoms with Gasteiger partial charge in [0.05, 0.1) is 10.6 Å². The van der Waals surface area contributed by atoms with Crippen molar-refractivity contribution in [1.29, 1.82) is 0 Å². The second-order valence-electron chi connectivity index (χ2n) is 3.63. The molecule has 10 heteroatoms. The van der Waals surface area contributed by atoms with Gasteiger partial charge in [0, 0.05) is 4.47 Å². The molecule has 0 saturated carbocycles. The molecule has 0 aliphatic carbocycles. The van der Waals surface area contributed by atoms with E-state index in [1.807, 2.05) is 0 Å². The van der Waals surface area contributed by atoms with Crippen molar-refractivity contribution in [3.63, 3.8) is 0 Å². The molecule has 1 aromatic heterocycles. The fourth-order valence-corrected chi connectivity index (χ4v) is 2.20. The van der Waals surface area contributed by atoms with Crippen molar-refractivity contribution in [1.82, 2.24) is 9.78 Å². The van der Waals surface area contributed by atoms with Crippen LogP contribution in [-0.4, -0.2) is 14.7 Å². The zero-order valence-corrected chi connectivity index (χ0v) is 11.7. The van der Waals surface area contributed by atoms with Crippen molar-refractivity contribution < 1.29 is 18.1 Å². The Labute approximate surface area is 123 Å². The monoisotopic (exact) mass is 369 g/mol. The highest BCUT2D eigenvalue weighted by atomic mass is 79.9. The van der Waals surface area contributed by atoms with Crippen LogP contribution in [0.5, 0.6) is 0 Å². The van der Waals surface area contributed by atoms with Gasteiger partial charge in [-0.3, -0.25) is 10.1 Å². The zero-order chi connectivity index (χ0) is 15.1. The standard InChI is InChI=1S/C10H4BrClF3N3O2/c11-5-2-1-3-6(4-5)17-9(12)7(18(19)20)8(16-17)10(13,14)15/h1-4H. The van der Waals surface area contributed by atoms with Gasteiger partial charge >= 0.3 is 11.9 Å². The molecule has 0 spiro atoms. The van der Waals surface area contributed by atoms with E-state index in [9.17, 15) is 23.3 Å². The molecule has 0 amide bonds. The molecule has 0 saturated heterocycles. The lowest BCUT2D eigenvalue weighted by molar-refractivity contribution is -0.388. The number of aromatic nitrogens is 2. The van der Waals surface area contributed by atoms with Gasteiger partial charge in [-0.25, -0.2) is 4.68 Å². The van der Waals surface area contributed by atoms with Crippen LogP contribution in [0.2, 0.25) is 5.15 Å². The van der Waals surface area contributed by atoms with E-state index in [0.717, 1.165) is 0 Å². The van der Waals surface area contributed by atoms with Gasteiger partial charge in [0.2, 0.25) is 10.8 Å². The Morgan fingerprint density at radius 3 is 2.50 bits per heavy atom. The molecular formula is C10H4BrClF3N3O2. The maximum atomic E-state index is 12.7. The summed E-state index contributed by atoms with van der Waals surface area (Å²) in [7, 11) is 0. The minimum atomic E-state index is -4.97. The number of alkyl halides is 3. The lowest BCUT2D eigenvalue weighted by Crippen LogP contribution is -2.09. The topological polar surface area (TPSA) is 61.0 Å². The molecule has 0 unspecified atom stereocenters. The Bertz CT molecular complexity index is 687. The third-order valence-electron chi connectivity index (χ3n) is 2.31. The van der Waals surface area contributed by atoms with Crippen LogP contribution >= 0.6 is 27.5 Å². The van der Waals surface area contributed by atoms with Crippen LogP contribution in [0.4, 0.5) is 18.9 Å². The quantitative estimate of drug-likeness (QED) is 0.587. The van der Waals surface area contributed by atoms with Crippen LogP contribution in [0.1, 0.15) is 5.69 Å². The van der Waals surface area contributed by atoms with E-state index >= 15 is 0 Å². The Hall–Kier alpha value is -1.61. The van der Waals surface area contributed by atoms with Crippen LogP contribution in [0, 0.1) is 10.1 Å². The molecule has 0 aliphatic rings. The van der Waals surface area contributed by atoms with E-state index < -0.39 is 27.6 Å². The molecule has 20 heavy (non-hydrogen) atoms. The minimum absolute atomic E-state index is 0.169. The van der Waals surface area contributed by atoms with Crippen molar-refractivity contribution in [2.75, 3.05) is 0 Å². The maximum absolute atomic E-state index is 12.7. The van der Waals surface area contributed by atoms with E-state index in [1.165, 1.54) is 18.2 Å². The maximum Gasteiger partial charge on any atom is 0.442 e. The Morgan fingerprint density at radius 1 is 1.40 bits per heavy atom. The molecule has 2 aromatic rings. The van der Waals surface area contributed by atoms with Gasteiger partial charge in [0.15, 0.2) is 0 Å². The first kappa shape index (κ1) is 14.8. The predicted molar refractivity (Wildman–Crippen MR) is 67.9 cm³/mol. The molecule has 0 fully saturated rings. The molecule has 5 nitrogen and oxygen atoms in total. The van der Waals surface area contributed by atoms with Crippen LogP contribution < -0.4 is 0 Å². The molecular weight excluding hydrogens is 366 g/mol. The number of hydrogen-bond acceptors (Lipinski definition) is 3. The summed E-state index contributed by atoms with van der Waals surface area (Å²) >= 11 is 8.80. The van der Waals surface area contributed by atoms with Gasteiger partial charge in [0.25, 0.3) is 0 Å². The van der Waals surface area contributed by atoms with E-state index in [0.29, 0.717) is 9.15 Å². The minimum Gasteiger partial charge on any atom is -0.258 e. The molecule has 106 valence electrons. The lowest BCUT2D eigenvalue weighted by atomic mass is 10.3. The molecule has 1 heterocycles. The van der Waals surface area contributed by atoms with Crippen LogP contribution in [0.25, 0.3) is 5.69 Å². The highest BCUT2D eigenvalue weighted by Gasteiger charge is 2.45. The van der Waals surface area contributed by atoms with Crippen molar-refractivity contribution in [3.8, 4) is 5.69 Å². The van der Waals surface area contributed by atoms with Crippen LogP contribution in [-0.2, 0) is 6.18 Å². The SMILES string of the molecule is O=[N+]([O-])c1c(C(F)(F)F)nn(-c2cccc(Br)c2)c1Cl. The second-order valence-corrected chi connectivity index (χ2v) is 4.91. The third-order valence-corrected chi connectivity index (χ3v) is 3.14. The third kappa shape index (κ3) is 2.63. The Morgan fingerprint density at radius 2 is 2.05 bits per heavy atom. The summed E-state index contributed by atoms with van der Waals surface area (Å²) in [5.41, 5.74) is -2.73. The van der Waals surface area contributed by atoms with Crippen molar-refractivity contribution in [2.24, 2.45) is 0 Å². The summed E-state index contributed by atoms with van der Waals surface area (Å²) in [4.78, 5) is 9.56. The number of nitrogens with zero attached hydrogens (tertiary/aromatic N) is 3. The number of hydrogen-bond donors (Lipinski definition) is 0. The largest absolute Gasteiger partial charge is 0.442 e. The van der Waals surface area contributed by atoms with Crippen molar-refractivity contribution in [3.05, 3.63) is 49.7 Å². The second kappa shape index (κ2) is 5.06. The van der Waals surface area contributed by atoms with E-state index in [4.69, 9.17) is 11.6 Å². The van der Waals surface area contributed by atoms with Crippen molar-refractivity contribution in [2.45, 2.75) is 6.18 Å². The number of nitro groups is 1. The summed E-state index contributed by atoms with van der Waals surface area (Å²) in [5, 5.41) is 13.3. The van der Waals surface area contributed by atoms with E-state index in [2.05, 4.69) is 21.0 Å². The molecule has 0 atom stereocenters. The van der Waals surface area contributed by atoms with Gasteiger partial charge in [-0.1, -0.05) is 33.6 Å². The average Bonchev–Trinajstić information content (AvgIpc) is 2.66. The van der Waals surface area contributed by atoms with Gasteiger partial charge in [-0.15, -0.1) is 0 Å². The molecule has 0 aliphatic heterocycles. The molecule has 1 aromatic carbocycles. The highest BCUT2D eigenvalue weighted by molar-refractivity contribution is 9.10. The Kier molecular flexibility index (Phi) is 3.74. The van der Waals surface area contributed by atoms with Gasteiger partial charge in [-0.2, -0.15) is 18.3 Å². The van der Waals surface area contributed by atoms with Crippen molar-refractivity contribution >= 4 is 33.2 Å². The summed E-state index contributed by atoms with van der Waals surface area (Å²) in [6.07, 6.45) is -4.97. The van der Waals surface area contributed by atoms with E-state index in [1.54, 1.807) is 6.07 Å². The lowest BCUT2D eigenvalue weighted by Gasteiger charge is -2.02. The van der Waals surface area contributed by atoms with Crippen LogP contribution in [0.15, 0.2) is 28.7 Å². The summed E-state index contributed by atoms with van der Waals surface area (Å²) in [6, 6.07) is 6.03. The van der Waals surface area contributed by atoms with Gasteiger partial charge < -0.3 is 0 Å². The normalized spacial score (nSPS) is 11.7. The first-order chi connectivity index (χ1) is 9.21.